The fourth-order valence-corrected chi connectivity index (χ4v) is 4.03. The van der Waals surface area contributed by atoms with Gasteiger partial charge in [-0.1, -0.05) is 47.1 Å². The van der Waals surface area contributed by atoms with Gasteiger partial charge in [0.05, 0.1) is 27.3 Å². The molecule has 0 aliphatic rings. The molecule has 23 heavy (non-hydrogen) atoms. The molecular formula is C17H10BrClN2OS. The minimum Gasteiger partial charge on any atom is -0.303 e. The molecule has 1 heterocycles. The van der Waals surface area contributed by atoms with Crippen molar-refractivity contribution in [2.75, 3.05) is 0 Å². The SMILES string of the molecule is C#CCn1c(=NC(=O)c2ccccc2Br)sc2cccc(Cl)c21. The summed E-state index contributed by atoms with van der Waals surface area (Å²) in [6.45, 7) is 0.297. The number of rotatable bonds is 2. The van der Waals surface area contributed by atoms with Crippen molar-refractivity contribution >= 4 is 55.0 Å². The van der Waals surface area contributed by atoms with Crippen molar-refractivity contribution in [2.24, 2.45) is 4.99 Å². The number of carbonyl (C=O) groups excluding carboxylic acids is 1. The predicted molar refractivity (Wildman–Crippen MR) is 97.7 cm³/mol. The van der Waals surface area contributed by atoms with Crippen molar-refractivity contribution in [3.63, 3.8) is 0 Å². The fraction of sp³-hybridized carbons (Fsp3) is 0.0588. The first-order valence-corrected chi connectivity index (χ1v) is 8.65. The van der Waals surface area contributed by atoms with Gasteiger partial charge in [-0.05, 0) is 40.2 Å². The van der Waals surface area contributed by atoms with Crippen LogP contribution >= 0.6 is 38.9 Å². The molecule has 0 saturated heterocycles. The fourth-order valence-electron chi connectivity index (χ4n) is 2.19. The number of hydrogen-bond acceptors (Lipinski definition) is 2. The highest BCUT2D eigenvalue weighted by Crippen LogP contribution is 2.25. The number of fused-ring (bicyclic) bond motifs is 1. The Balaban J connectivity index is 2.22. The summed E-state index contributed by atoms with van der Waals surface area (Å²) >= 11 is 11.0. The molecule has 1 aromatic heterocycles. The molecule has 0 spiro atoms. The Morgan fingerprint density at radius 3 is 2.83 bits per heavy atom. The quantitative estimate of drug-likeness (QED) is 0.578. The summed E-state index contributed by atoms with van der Waals surface area (Å²) < 4.78 is 3.43. The number of aromatic nitrogens is 1. The topological polar surface area (TPSA) is 34.4 Å². The molecule has 2 aromatic carbocycles. The second kappa shape index (κ2) is 6.71. The highest BCUT2D eigenvalue weighted by molar-refractivity contribution is 9.10. The molecule has 0 N–H and O–H groups in total. The summed E-state index contributed by atoms with van der Waals surface area (Å²) in [5, 5.41) is 0.587. The summed E-state index contributed by atoms with van der Waals surface area (Å²) in [5.74, 6) is 2.26. The van der Waals surface area contributed by atoms with E-state index in [1.54, 1.807) is 28.8 Å². The molecule has 6 heteroatoms. The van der Waals surface area contributed by atoms with Crippen molar-refractivity contribution < 1.29 is 4.79 Å². The Morgan fingerprint density at radius 2 is 2.09 bits per heavy atom. The van der Waals surface area contributed by atoms with E-state index in [9.17, 15) is 4.79 Å². The van der Waals surface area contributed by atoms with Gasteiger partial charge in [-0.3, -0.25) is 4.79 Å². The first-order chi connectivity index (χ1) is 11.1. The van der Waals surface area contributed by atoms with Crippen LogP contribution in [-0.2, 0) is 6.54 Å². The lowest BCUT2D eigenvalue weighted by molar-refractivity contribution is 0.0997. The van der Waals surface area contributed by atoms with Gasteiger partial charge in [0.15, 0.2) is 4.80 Å². The number of thiazole rings is 1. The number of nitrogens with zero attached hydrogens (tertiary/aromatic N) is 2. The van der Waals surface area contributed by atoms with Crippen molar-refractivity contribution in [1.82, 2.24) is 4.57 Å². The van der Waals surface area contributed by atoms with E-state index in [0.717, 1.165) is 10.2 Å². The molecular weight excluding hydrogens is 396 g/mol. The van der Waals surface area contributed by atoms with Crippen molar-refractivity contribution in [3.8, 4) is 12.3 Å². The molecule has 0 unspecified atom stereocenters. The maximum atomic E-state index is 12.5. The Morgan fingerprint density at radius 1 is 1.30 bits per heavy atom. The van der Waals surface area contributed by atoms with E-state index in [-0.39, 0.29) is 5.91 Å². The van der Waals surface area contributed by atoms with Crippen LogP contribution in [0.15, 0.2) is 51.9 Å². The van der Waals surface area contributed by atoms with Gasteiger partial charge in [-0.2, -0.15) is 4.99 Å². The van der Waals surface area contributed by atoms with E-state index in [1.165, 1.54) is 11.3 Å². The Kier molecular flexibility index (Phi) is 4.67. The van der Waals surface area contributed by atoms with E-state index < -0.39 is 0 Å². The van der Waals surface area contributed by atoms with Crippen LogP contribution in [0, 0.1) is 12.3 Å². The maximum Gasteiger partial charge on any atom is 0.280 e. The second-order valence-electron chi connectivity index (χ2n) is 4.66. The molecule has 114 valence electrons. The number of halogens is 2. The van der Waals surface area contributed by atoms with E-state index in [0.29, 0.717) is 26.4 Å². The van der Waals surface area contributed by atoms with Gasteiger partial charge in [0, 0.05) is 4.47 Å². The Bertz CT molecular complexity index is 1010. The van der Waals surface area contributed by atoms with Crippen molar-refractivity contribution in [1.29, 1.82) is 0 Å². The van der Waals surface area contributed by atoms with Crippen molar-refractivity contribution in [3.05, 3.63) is 62.3 Å². The lowest BCUT2D eigenvalue weighted by Crippen LogP contribution is -2.16. The Hall–Kier alpha value is -1.87. The second-order valence-corrected chi connectivity index (χ2v) is 6.93. The molecule has 0 aliphatic heterocycles. The van der Waals surface area contributed by atoms with Crippen LogP contribution in [0.4, 0.5) is 0 Å². The molecule has 0 radical (unpaired) electrons. The molecule has 0 aliphatic carbocycles. The van der Waals surface area contributed by atoms with E-state index in [4.69, 9.17) is 18.0 Å². The summed E-state index contributed by atoms with van der Waals surface area (Å²) in [5.41, 5.74) is 1.30. The number of terminal acetylenes is 1. The minimum atomic E-state index is -0.328. The third-order valence-corrected chi connectivity index (χ3v) is 5.24. The number of para-hydroxylation sites is 1. The normalized spacial score (nSPS) is 11.6. The van der Waals surface area contributed by atoms with Gasteiger partial charge in [-0.15, -0.1) is 6.42 Å². The predicted octanol–water partition coefficient (Wildman–Crippen LogP) is 4.49. The van der Waals surface area contributed by atoms with Crippen LogP contribution in [0.3, 0.4) is 0 Å². The van der Waals surface area contributed by atoms with Gasteiger partial charge in [0.25, 0.3) is 5.91 Å². The average Bonchev–Trinajstić information content (AvgIpc) is 2.87. The van der Waals surface area contributed by atoms with Crippen LogP contribution in [0.2, 0.25) is 5.02 Å². The molecule has 3 nitrogen and oxygen atoms in total. The Labute approximate surface area is 150 Å². The van der Waals surface area contributed by atoms with Gasteiger partial charge in [-0.25, -0.2) is 0 Å². The summed E-state index contributed by atoms with van der Waals surface area (Å²) in [4.78, 5) is 17.2. The van der Waals surface area contributed by atoms with Crippen LogP contribution in [-0.4, -0.2) is 10.5 Å². The molecule has 3 rings (SSSR count). The van der Waals surface area contributed by atoms with Crippen LogP contribution < -0.4 is 4.80 Å². The van der Waals surface area contributed by atoms with Gasteiger partial charge in [0.2, 0.25) is 0 Å². The van der Waals surface area contributed by atoms with Gasteiger partial charge in [0.1, 0.15) is 0 Å². The summed E-state index contributed by atoms with van der Waals surface area (Å²) in [6, 6.07) is 12.8. The number of benzene rings is 2. The lowest BCUT2D eigenvalue weighted by atomic mass is 10.2. The third-order valence-electron chi connectivity index (χ3n) is 3.20. The third kappa shape index (κ3) is 3.11. The highest BCUT2D eigenvalue weighted by Gasteiger charge is 2.12. The monoisotopic (exact) mass is 404 g/mol. The summed E-state index contributed by atoms with van der Waals surface area (Å²) in [6.07, 6.45) is 5.45. The molecule has 0 fully saturated rings. The zero-order valence-electron chi connectivity index (χ0n) is 11.8. The lowest BCUT2D eigenvalue weighted by Gasteiger charge is -2.02. The first-order valence-electron chi connectivity index (χ1n) is 6.66. The summed E-state index contributed by atoms with van der Waals surface area (Å²) in [7, 11) is 0. The smallest absolute Gasteiger partial charge is 0.280 e. The standard InChI is InChI=1S/C17H10BrClN2OS/c1-2-10-21-15-13(19)8-5-9-14(15)23-17(21)20-16(22)11-6-3-4-7-12(11)18/h1,3-9H,10H2. The van der Waals surface area contributed by atoms with Crippen LogP contribution in [0.1, 0.15) is 10.4 Å². The van der Waals surface area contributed by atoms with E-state index >= 15 is 0 Å². The minimum absolute atomic E-state index is 0.297. The zero-order chi connectivity index (χ0) is 16.4. The number of amides is 1. The molecule has 0 atom stereocenters. The largest absolute Gasteiger partial charge is 0.303 e. The zero-order valence-corrected chi connectivity index (χ0v) is 15.0. The number of carbonyl (C=O) groups is 1. The maximum absolute atomic E-state index is 12.5. The van der Waals surface area contributed by atoms with Crippen molar-refractivity contribution in [2.45, 2.75) is 6.54 Å². The van der Waals surface area contributed by atoms with Gasteiger partial charge >= 0.3 is 0 Å². The van der Waals surface area contributed by atoms with Crippen LogP contribution in [0.25, 0.3) is 10.2 Å². The van der Waals surface area contributed by atoms with E-state index in [2.05, 4.69) is 26.8 Å². The molecule has 1 amide bonds. The van der Waals surface area contributed by atoms with E-state index in [1.807, 2.05) is 18.2 Å². The highest BCUT2D eigenvalue weighted by atomic mass is 79.9. The first kappa shape index (κ1) is 16.0. The molecule has 0 saturated carbocycles. The number of hydrogen-bond donors (Lipinski definition) is 0. The molecule has 3 aromatic rings. The van der Waals surface area contributed by atoms with Crippen LogP contribution in [0.5, 0.6) is 0 Å². The average molecular weight is 406 g/mol. The van der Waals surface area contributed by atoms with Gasteiger partial charge < -0.3 is 4.57 Å². The molecule has 0 bridgehead atoms.